The first kappa shape index (κ1) is 13.7. The molecule has 0 fully saturated rings. The number of hydrogen-bond acceptors (Lipinski definition) is 2. The molecular formula is C13H13F3O3. The van der Waals surface area contributed by atoms with E-state index in [0.29, 0.717) is 17.5 Å². The van der Waals surface area contributed by atoms with Gasteiger partial charge in [-0.15, -0.1) is 0 Å². The number of hydrogen-bond donors (Lipinski definition) is 1. The van der Waals surface area contributed by atoms with Crippen molar-refractivity contribution in [3.63, 3.8) is 0 Å². The van der Waals surface area contributed by atoms with Crippen molar-refractivity contribution in [2.45, 2.75) is 32.0 Å². The van der Waals surface area contributed by atoms with Crippen LogP contribution in [0.1, 0.15) is 18.1 Å². The zero-order chi connectivity index (χ0) is 14.2. The fourth-order valence-electron chi connectivity index (χ4n) is 2.29. The number of aliphatic carboxylic acids is 1. The van der Waals surface area contributed by atoms with Crippen molar-refractivity contribution in [3.05, 3.63) is 29.3 Å². The summed E-state index contributed by atoms with van der Waals surface area (Å²) in [5, 5.41) is 8.94. The zero-order valence-corrected chi connectivity index (χ0v) is 10.2. The zero-order valence-electron chi connectivity index (χ0n) is 10.2. The van der Waals surface area contributed by atoms with Crippen molar-refractivity contribution >= 4 is 5.97 Å². The lowest BCUT2D eigenvalue weighted by Crippen LogP contribution is -2.47. The van der Waals surface area contributed by atoms with E-state index in [1.165, 1.54) is 0 Å². The standard InChI is InChI=1S/C13H13F3O3/c1-2-7-4-3-5-8-6-9(12(17)18)11(13(14,15)16)19-10(7)8/h3-5,9,11H,2,6H2,1H3,(H,17,18)/t9-,11+/m1/s1. The number of carboxylic acids is 1. The predicted molar refractivity (Wildman–Crippen MR) is 61.1 cm³/mol. The van der Waals surface area contributed by atoms with E-state index >= 15 is 0 Å². The van der Waals surface area contributed by atoms with Gasteiger partial charge in [-0.05, 0) is 24.0 Å². The number of fused-ring (bicyclic) bond motifs is 1. The number of carboxylic acid groups (broad SMARTS) is 1. The summed E-state index contributed by atoms with van der Waals surface area (Å²) in [6.07, 6.45) is -6.61. The molecule has 0 aromatic heterocycles. The second-order valence-corrected chi connectivity index (χ2v) is 4.49. The van der Waals surface area contributed by atoms with Crippen LogP contribution in [0.4, 0.5) is 13.2 Å². The minimum atomic E-state index is -4.69. The first-order chi connectivity index (χ1) is 8.84. The summed E-state index contributed by atoms with van der Waals surface area (Å²) in [5.74, 6) is -2.90. The van der Waals surface area contributed by atoms with E-state index in [1.807, 2.05) is 6.92 Å². The molecule has 1 heterocycles. The number of carbonyl (C=O) groups is 1. The van der Waals surface area contributed by atoms with Gasteiger partial charge in [0.05, 0.1) is 0 Å². The Bertz CT molecular complexity index is 496. The summed E-state index contributed by atoms with van der Waals surface area (Å²) in [7, 11) is 0. The number of alkyl halides is 3. The monoisotopic (exact) mass is 274 g/mol. The lowest BCUT2D eigenvalue weighted by atomic mass is 9.88. The normalized spacial score (nSPS) is 22.5. The highest BCUT2D eigenvalue weighted by Gasteiger charge is 2.52. The number of ether oxygens (including phenoxy) is 1. The summed E-state index contributed by atoms with van der Waals surface area (Å²) in [5.41, 5.74) is 1.18. The molecule has 0 aliphatic carbocycles. The van der Waals surface area contributed by atoms with Crippen LogP contribution in [0.3, 0.4) is 0 Å². The topological polar surface area (TPSA) is 46.5 Å². The molecule has 1 aliphatic rings. The molecule has 1 N–H and O–H groups in total. The molecule has 19 heavy (non-hydrogen) atoms. The Balaban J connectivity index is 2.45. The molecule has 0 saturated carbocycles. The van der Waals surface area contributed by atoms with Crippen molar-refractivity contribution in [1.29, 1.82) is 0 Å². The molecule has 104 valence electrons. The molecule has 1 aromatic rings. The Morgan fingerprint density at radius 1 is 1.47 bits per heavy atom. The van der Waals surface area contributed by atoms with Crippen molar-refractivity contribution in [2.75, 3.05) is 0 Å². The molecule has 0 bridgehead atoms. The summed E-state index contributed by atoms with van der Waals surface area (Å²) >= 11 is 0. The second kappa shape index (κ2) is 4.75. The van der Waals surface area contributed by atoms with Crippen LogP contribution in [-0.2, 0) is 17.6 Å². The van der Waals surface area contributed by atoms with Crippen LogP contribution in [0.25, 0.3) is 0 Å². The molecule has 6 heteroatoms. The summed E-state index contributed by atoms with van der Waals surface area (Å²) in [4.78, 5) is 11.0. The van der Waals surface area contributed by atoms with Gasteiger partial charge in [-0.25, -0.2) is 0 Å². The highest BCUT2D eigenvalue weighted by molar-refractivity contribution is 5.72. The van der Waals surface area contributed by atoms with Gasteiger partial charge in [0, 0.05) is 0 Å². The minimum absolute atomic E-state index is 0.164. The van der Waals surface area contributed by atoms with E-state index in [4.69, 9.17) is 9.84 Å². The fourth-order valence-corrected chi connectivity index (χ4v) is 2.29. The van der Waals surface area contributed by atoms with Gasteiger partial charge in [0.2, 0.25) is 6.10 Å². The maximum atomic E-state index is 12.9. The number of para-hydroxylation sites is 1. The average molecular weight is 274 g/mol. The lowest BCUT2D eigenvalue weighted by Gasteiger charge is -2.33. The number of aryl methyl sites for hydroxylation is 1. The van der Waals surface area contributed by atoms with Gasteiger partial charge >= 0.3 is 12.1 Å². The second-order valence-electron chi connectivity index (χ2n) is 4.49. The van der Waals surface area contributed by atoms with Crippen LogP contribution < -0.4 is 4.74 Å². The largest absolute Gasteiger partial charge is 0.481 e. The summed E-state index contributed by atoms with van der Waals surface area (Å²) in [6, 6.07) is 5.00. The maximum absolute atomic E-state index is 12.9. The van der Waals surface area contributed by atoms with E-state index in [1.54, 1.807) is 18.2 Å². The summed E-state index contributed by atoms with van der Waals surface area (Å²) < 4.78 is 43.7. The Morgan fingerprint density at radius 2 is 2.16 bits per heavy atom. The first-order valence-electron chi connectivity index (χ1n) is 5.91. The Hall–Kier alpha value is -1.72. The van der Waals surface area contributed by atoms with Gasteiger partial charge in [-0.3, -0.25) is 4.79 Å². The highest BCUT2D eigenvalue weighted by Crippen LogP contribution is 2.40. The third-order valence-electron chi connectivity index (χ3n) is 3.25. The fraction of sp³-hybridized carbons (Fsp3) is 0.462. The predicted octanol–water partition coefficient (Wildman–Crippen LogP) is 2.82. The molecule has 0 saturated heterocycles. The molecule has 2 atom stereocenters. The van der Waals surface area contributed by atoms with Crippen molar-refractivity contribution in [2.24, 2.45) is 5.92 Å². The molecule has 2 rings (SSSR count). The quantitative estimate of drug-likeness (QED) is 0.902. The highest BCUT2D eigenvalue weighted by atomic mass is 19.4. The SMILES string of the molecule is CCc1cccc2c1O[C@H](C(F)(F)F)[C@H](C(=O)O)C2. The summed E-state index contributed by atoms with van der Waals surface area (Å²) in [6.45, 7) is 1.81. The third kappa shape index (κ3) is 2.52. The van der Waals surface area contributed by atoms with Gasteiger partial charge in [-0.1, -0.05) is 25.1 Å². The average Bonchev–Trinajstić information content (AvgIpc) is 2.35. The molecule has 3 nitrogen and oxygen atoms in total. The van der Waals surface area contributed by atoms with E-state index < -0.39 is 24.2 Å². The van der Waals surface area contributed by atoms with E-state index in [0.717, 1.165) is 0 Å². The smallest absolute Gasteiger partial charge is 0.426 e. The van der Waals surface area contributed by atoms with Crippen LogP contribution in [0.2, 0.25) is 0 Å². The van der Waals surface area contributed by atoms with Crippen LogP contribution >= 0.6 is 0 Å². The molecule has 0 spiro atoms. The molecule has 0 amide bonds. The number of halogens is 3. The van der Waals surface area contributed by atoms with E-state index in [2.05, 4.69) is 0 Å². The minimum Gasteiger partial charge on any atom is -0.481 e. The molecule has 0 radical (unpaired) electrons. The Kier molecular flexibility index (Phi) is 3.43. The van der Waals surface area contributed by atoms with Gasteiger partial charge in [0.25, 0.3) is 0 Å². The van der Waals surface area contributed by atoms with Crippen LogP contribution in [0.5, 0.6) is 5.75 Å². The Labute approximate surface area is 108 Å². The van der Waals surface area contributed by atoms with Gasteiger partial charge < -0.3 is 9.84 Å². The maximum Gasteiger partial charge on any atom is 0.426 e. The molecular weight excluding hydrogens is 261 g/mol. The number of rotatable bonds is 2. The van der Waals surface area contributed by atoms with Crippen LogP contribution in [0, 0.1) is 5.92 Å². The van der Waals surface area contributed by atoms with E-state index in [9.17, 15) is 18.0 Å². The molecule has 0 unspecified atom stereocenters. The van der Waals surface area contributed by atoms with Crippen LogP contribution in [0.15, 0.2) is 18.2 Å². The van der Waals surface area contributed by atoms with Crippen molar-refractivity contribution < 1.29 is 27.8 Å². The van der Waals surface area contributed by atoms with E-state index in [-0.39, 0.29) is 12.2 Å². The number of benzene rings is 1. The van der Waals surface area contributed by atoms with Crippen LogP contribution in [-0.4, -0.2) is 23.4 Å². The molecule has 1 aromatic carbocycles. The lowest BCUT2D eigenvalue weighted by molar-refractivity contribution is -0.217. The van der Waals surface area contributed by atoms with Crippen molar-refractivity contribution in [1.82, 2.24) is 0 Å². The van der Waals surface area contributed by atoms with Gasteiger partial charge in [-0.2, -0.15) is 13.2 Å². The van der Waals surface area contributed by atoms with Crippen molar-refractivity contribution in [3.8, 4) is 5.75 Å². The van der Waals surface area contributed by atoms with Gasteiger partial charge in [0.15, 0.2) is 0 Å². The third-order valence-corrected chi connectivity index (χ3v) is 3.25. The Morgan fingerprint density at radius 3 is 2.68 bits per heavy atom. The first-order valence-corrected chi connectivity index (χ1v) is 5.91. The molecule has 1 aliphatic heterocycles. The van der Waals surface area contributed by atoms with Gasteiger partial charge in [0.1, 0.15) is 11.7 Å².